The molecule has 0 aromatic heterocycles. The molecule has 1 spiro atoms. The molecular formula is C17H23NO4S. The number of carbonyl (C=O) groups is 2. The van der Waals surface area contributed by atoms with E-state index in [1.807, 2.05) is 16.7 Å². The van der Waals surface area contributed by atoms with Crippen LogP contribution in [0.5, 0.6) is 0 Å². The Morgan fingerprint density at radius 3 is 2.61 bits per heavy atom. The van der Waals surface area contributed by atoms with E-state index in [-0.39, 0.29) is 23.8 Å². The van der Waals surface area contributed by atoms with Crippen LogP contribution >= 0.6 is 11.8 Å². The van der Waals surface area contributed by atoms with Crippen molar-refractivity contribution in [2.24, 2.45) is 23.7 Å². The van der Waals surface area contributed by atoms with Crippen molar-refractivity contribution in [3.05, 3.63) is 0 Å². The molecule has 1 aliphatic carbocycles. The number of rotatable bonds is 2. The minimum atomic E-state index is -0.723. The summed E-state index contributed by atoms with van der Waals surface area (Å²) in [6.07, 6.45) is 4.79. The molecule has 0 aromatic carbocycles. The third-order valence-electron chi connectivity index (χ3n) is 7.07. The molecule has 5 rings (SSSR count). The number of ether oxygens (including phenoxy) is 1. The summed E-state index contributed by atoms with van der Waals surface area (Å²) in [7, 11) is 0. The Kier molecular flexibility index (Phi) is 3.09. The minimum absolute atomic E-state index is 0.0113. The van der Waals surface area contributed by atoms with Gasteiger partial charge in [-0.05, 0) is 55.4 Å². The fourth-order valence-electron chi connectivity index (χ4n) is 5.86. The number of carboxylic acid groups (broad SMARTS) is 1. The average Bonchev–Trinajstić information content (AvgIpc) is 2.97. The van der Waals surface area contributed by atoms with Gasteiger partial charge in [-0.2, -0.15) is 11.8 Å². The van der Waals surface area contributed by atoms with Crippen LogP contribution in [0.1, 0.15) is 32.1 Å². The topological polar surface area (TPSA) is 66.8 Å². The third kappa shape index (κ3) is 1.91. The molecule has 5 fully saturated rings. The number of likely N-dealkylation sites (tertiary alicyclic amines) is 1. The molecule has 1 saturated carbocycles. The highest BCUT2D eigenvalue weighted by Gasteiger charge is 2.66. The number of aliphatic carboxylic acids is 1. The van der Waals surface area contributed by atoms with Crippen LogP contribution in [0.3, 0.4) is 0 Å². The van der Waals surface area contributed by atoms with Crippen molar-refractivity contribution in [1.82, 2.24) is 4.90 Å². The van der Waals surface area contributed by atoms with Crippen molar-refractivity contribution in [3.63, 3.8) is 0 Å². The van der Waals surface area contributed by atoms with Gasteiger partial charge in [0.05, 0.1) is 29.6 Å². The highest BCUT2D eigenvalue weighted by atomic mass is 32.2. The Balaban J connectivity index is 1.42. The van der Waals surface area contributed by atoms with E-state index >= 15 is 0 Å². The zero-order valence-corrected chi connectivity index (χ0v) is 14.0. The monoisotopic (exact) mass is 337 g/mol. The normalized spacial score (nSPS) is 46.2. The highest BCUT2D eigenvalue weighted by Crippen LogP contribution is 2.61. The first kappa shape index (κ1) is 14.6. The van der Waals surface area contributed by atoms with E-state index in [9.17, 15) is 14.7 Å². The average molecular weight is 337 g/mol. The Bertz CT molecular complexity index is 561. The molecule has 6 atom stereocenters. The summed E-state index contributed by atoms with van der Waals surface area (Å²) in [5.41, 5.74) is -0.432. The van der Waals surface area contributed by atoms with E-state index in [1.165, 1.54) is 6.42 Å². The Hall–Kier alpha value is -0.750. The van der Waals surface area contributed by atoms with Gasteiger partial charge in [0.15, 0.2) is 0 Å². The Morgan fingerprint density at radius 2 is 1.96 bits per heavy atom. The van der Waals surface area contributed by atoms with Gasteiger partial charge in [0.2, 0.25) is 5.91 Å². The number of carbonyl (C=O) groups excluding carboxylic acids is 1. The molecule has 0 radical (unpaired) electrons. The summed E-state index contributed by atoms with van der Waals surface area (Å²) in [5, 5.41) is 9.68. The zero-order valence-electron chi connectivity index (χ0n) is 13.1. The lowest BCUT2D eigenvalue weighted by Crippen LogP contribution is -2.56. The van der Waals surface area contributed by atoms with Crippen LogP contribution in [0.25, 0.3) is 0 Å². The standard InChI is InChI=1S/C17H23NO4S/c19-15(11-8-13-9-7-10(9)14(11)22-13)18-4-1-12(16(20)21)17(18)2-5-23-6-3-17/h9-14H,1-8H2,(H,20,21)/t9-,10+,11-,12?,13+,14+/m1/s1. The van der Waals surface area contributed by atoms with Crippen molar-refractivity contribution in [2.75, 3.05) is 18.1 Å². The van der Waals surface area contributed by atoms with Gasteiger partial charge < -0.3 is 14.7 Å². The third-order valence-corrected chi connectivity index (χ3v) is 8.06. The van der Waals surface area contributed by atoms with Gasteiger partial charge >= 0.3 is 5.97 Å². The molecule has 1 N–H and O–H groups in total. The number of carboxylic acids is 1. The van der Waals surface area contributed by atoms with E-state index in [0.717, 1.165) is 36.7 Å². The summed E-state index contributed by atoms with van der Waals surface area (Å²) in [6.45, 7) is 0.614. The van der Waals surface area contributed by atoms with Gasteiger partial charge in [-0.1, -0.05) is 0 Å². The summed E-state index contributed by atoms with van der Waals surface area (Å²) >= 11 is 1.88. The van der Waals surface area contributed by atoms with Crippen LogP contribution < -0.4 is 0 Å². The van der Waals surface area contributed by atoms with Gasteiger partial charge in [0, 0.05) is 6.54 Å². The van der Waals surface area contributed by atoms with Crippen LogP contribution in [0, 0.1) is 23.7 Å². The van der Waals surface area contributed by atoms with E-state index in [2.05, 4.69) is 0 Å². The number of amides is 1. The van der Waals surface area contributed by atoms with Crippen LogP contribution in [-0.4, -0.2) is 57.7 Å². The van der Waals surface area contributed by atoms with Gasteiger partial charge in [-0.15, -0.1) is 0 Å². The molecule has 0 aromatic rings. The van der Waals surface area contributed by atoms with E-state index in [0.29, 0.717) is 25.0 Å². The summed E-state index contributed by atoms with van der Waals surface area (Å²) in [5.74, 6) is 2.32. The van der Waals surface area contributed by atoms with Crippen molar-refractivity contribution < 1.29 is 19.4 Å². The van der Waals surface area contributed by atoms with Crippen LogP contribution in [-0.2, 0) is 14.3 Å². The van der Waals surface area contributed by atoms with Gasteiger partial charge in [-0.25, -0.2) is 0 Å². The number of hydrogen-bond donors (Lipinski definition) is 1. The largest absolute Gasteiger partial charge is 0.481 e. The molecule has 1 amide bonds. The maximum Gasteiger partial charge on any atom is 0.308 e. The van der Waals surface area contributed by atoms with Gasteiger partial charge in [0.1, 0.15) is 0 Å². The predicted octanol–water partition coefficient (Wildman–Crippen LogP) is 1.61. The second kappa shape index (κ2) is 4.88. The molecule has 23 heavy (non-hydrogen) atoms. The first-order valence-corrected chi connectivity index (χ1v) is 10.0. The first-order chi connectivity index (χ1) is 11.1. The molecule has 126 valence electrons. The van der Waals surface area contributed by atoms with Crippen molar-refractivity contribution in [2.45, 2.75) is 49.9 Å². The summed E-state index contributed by atoms with van der Waals surface area (Å²) in [6, 6.07) is 0. The second-order valence-electron chi connectivity index (χ2n) is 7.93. The fraction of sp³-hybridized carbons (Fsp3) is 0.882. The second-order valence-corrected chi connectivity index (χ2v) is 9.15. The van der Waals surface area contributed by atoms with Gasteiger partial charge in [-0.3, -0.25) is 9.59 Å². The summed E-state index contributed by atoms with van der Waals surface area (Å²) in [4.78, 5) is 27.1. The van der Waals surface area contributed by atoms with Gasteiger partial charge in [0.25, 0.3) is 0 Å². The number of nitrogens with zero attached hydrogens (tertiary/aromatic N) is 1. The van der Waals surface area contributed by atoms with E-state index in [1.54, 1.807) is 0 Å². The lowest BCUT2D eigenvalue weighted by Gasteiger charge is -2.45. The fourth-order valence-corrected chi connectivity index (χ4v) is 7.06. The zero-order chi connectivity index (χ0) is 15.8. The van der Waals surface area contributed by atoms with Crippen molar-refractivity contribution in [1.29, 1.82) is 0 Å². The Labute approximate surface area is 140 Å². The Morgan fingerprint density at radius 1 is 1.17 bits per heavy atom. The lowest BCUT2D eigenvalue weighted by atomic mass is 9.78. The number of thioether (sulfide) groups is 1. The first-order valence-electron chi connectivity index (χ1n) is 8.89. The van der Waals surface area contributed by atoms with Crippen LogP contribution in [0.4, 0.5) is 0 Å². The van der Waals surface area contributed by atoms with Crippen molar-refractivity contribution >= 4 is 23.6 Å². The minimum Gasteiger partial charge on any atom is -0.481 e. The van der Waals surface area contributed by atoms with E-state index in [4.69, 9.17) is 4.74 Å². The number of hydrogen-bond acceptors (Lipinski definition) is 4. The maximum absolute atomic E-state index is 13.3. The molecule has 4 saturated heterocycles. The number of fused-ring (bicyclic) bond motifs is 5. The van der Waals surface area contributed by atoms with Crippen molar-refractivity contribution in [3.8, 4) is 0 Å². The quantitative estimate of drug-likeness (QED) is 0.829. The molecule has 6 heteroatoms. The predicted molar refractivity (Wildman–Crippen MR) is 85.1 cm³/mol. The van der Waals surface area contributed by atoms with E-state index < -0.39 is 11.5 Å². The molecule has 1 unspecified atom stereocenters. The van der Waals surface area contributed by atoms with Crippen LogP contribution in [0.15, 0.2) is 0 Å². The molecule has 5 nitrogen and oxygen atoms in total. The lowest BCUT2D eigenvalue weighted by molar-refractivity contribution is -0.150. The summed E-state index contributed by atoms with van der Waals surface area (Å²) < 4.78 is 6.01. The highest BCUT2D eigenvalue weighted by molar-refractivity contribution is 7.99. The molecule has 5 aliphatic rings. The smallest absolute Gasteiger partial charge is 0.308 e. The molecule has 4 heterocycles. The molecule has 2 bridgehead atoms. The molecule has 4 aliphatic heterocycles. The molecular weight excluding hydrogens is 314 g/mol. The maximum atomic E-state index is 13.3. The SMILES string of the molecule is O=C(O)C1CCN(C(=O)[C@@H]2C[C@@H]3O[C@H]2[C@H]2C[C@H]23)C12CCSCC2. The van der Waals surface area contributed by atoms with Crippen LogP contribution in [0.2, 0.25) is 0 Å².